The molecule has 3 heterocycles. The largest absolute Gasteiger partial charge is 0.382 e. The predicted octanol–water partition coefficient (Wildman–Crippen LogP) is 1.01. The first-order valence-corrected chi connectivity index (χ1v) is 11.8. The molecule has 1 aliphatic rings. The number of aromatic nitrogens is 4. The lowest BCUT2D eigenvalue weighted by Crippen LogP contribution is -2.48. The maximum atomic E-state index is 12.9. The van der Waals surface area contributed by atoms with Crippen molar-refractivity contribution in [3.8, 4) is 22.5 Å². The molecule has 1 aliphatic heterocycles. The molecule has 0 spiro atoms. The molecule has 0 amide bonds. The van der Waals surface area contributed by atoms with Gasteiger partial charge in [0, 0.05) is 43.5 Å². The van der Waals surface area contributed by atoms with Crippen LogP contribution in [0.5, 0.6) is 0 Å². The second kappa shape index (κ2) is 8.94. The fraction of sp³-hybridized carbons (Fsp3) is 0.381. The molecule has 1 atom stereocenters. The molecular weight excluding hydrogens is 430 g/mol. The molecule has 0 bridgehead atoms. The van der Waals surface area contributed by atoms with E-state index < -0.39 is 10.0 Å². The van der Waals surface area contributed by atoms with Crippen molar-refractivity contribution in [2.45, 2.75) is 24.8 Å². The summed E-state index contributed by atoms with van der Waals surface area (Å²) >= 11 is 0. The van der Waals surface area contributed by atoms with Gasteiger partial charge < -0.3 is 15.8 Å². The molecule has 170 valence electrons. The van der Waals surface area contributed by atoms with Crippen LogP contribution in [0, 0.1) is 13.8 Å². The number of nitrogens with zero attached hydrogens (tertiary/aromatic N) is 4. The van der Waals surface area contributed by atoms with Crippen LogP contribution in [0.2, 0.25) is 0 Å². The molecule has 1 fully saturated rings. The number of ether oxygens (including phenoxy) is 1. The Morgan fingerprint density at radius 1 is 1.31 bits per heavy atom. The molecule has 0 unspecified atom stereocenters. The number of anilines is 1. The van der Waals surface area contributed by atoms with Gasteiger partial charge in [-0.1, -0.05) is 6.07 Å². The Hall–Kier alpha value is -2.86. The van der Waals surface area contributed by atoms with Gasteiger partial charge in [-0.2, -0.15) is 5.10 Å². The van der Waals surface area contributed by atoms with Crippen LogP contribution in [-0.2, 0) is 21.8 Å². The minimum Gasteiger partial charge on any atom is -0.382 e. The van der Waals surface area contributed by atoms with Crippen molar-refractivity contribution in [2.24, 2.45) is 7.05 Å². The summed E-state index contributed by atoms with van der Waals surface area (Å²) in [7, 11) is -1.89. The Bertz CT molecular complexity index is 1230. The van der Waals surface area contributed by atoms with Gasteiger partial charge in [-0.05, 0) is 31.5 Å². The summed E-state index contributed by atoms with van der Waals surface area (Å²) < 4.78 is 35.6. The summed E-state index contributed by atoms with van der Waals surface area (Å²) in [5, 5.41) is 7.58. The molecule has 4 N–H and O–H groups in total. The van der Waals surface area contributed by atoms with Gasteiger partial charge in [-0.25, -0.2) is 23.1 Å². The Labute approximate surface area is 187 Å². The summed E-state index contributed by atoms with van der Waals surface area (Å²) in [5.41, 5.74) is 10.3. The number of hydrogen-bond donors (Lipinski definition) is 3. The highest BCUT2D eigenvalue weighted by Crippen LogP contribution is 2.30. The molecule has 0 saturated carbocycles. The van der Waals surface area contributed by atoms with Crippen LogP contribution in [0.1, 0.15) is 11.3 Å². The number of nitrogen functional groups attached to an aromatic ring is 1. The van der Waals surface area contributed by atoms with Crippen LogP contribution in [0.4, 0.5) is 5.82 Å². The van der Waals surface area contributed by atoms with Gasteiger partial charge in [0.15, 0.2) is 0 Å². The van der Waals surface area contributed by atoms with Crippen molar-refractivity contribution in [1.82, 2.24) is 29.8 Å². The van der Waals surface area contributed by atoms with Crippen molar-refractivity contribution in [3.63, 3.8) is 0 Å². The average molecular weight is 458 g/mol. The van der Waals surface area contributed by atoms with Crippen molar-refractivity contribution in [3.05, 3.63) is 41.9 Å². The van der Waals surface area contributed by atoms with Gasteiger partial charge in [0.05, 0.1) is 35.7 Å². The monoisotopic (exact) mass is 457 g/mol. The normalized spacial score (nSPS) is 16.9. The van der Waals surface area contributed by atoms with Gasteiger partial charge in [0.1, 0.15) is 11.5 Å². The van der Waals surface area contributed by atoms with E-state index in [1.54, 1.807) is 29.1 Å². The van der Waals surface area contributed by atoms with E-state index in [0.717, 1.165) is 16.8 Å². The molecule has 3 aromatic rings. The molecule has 32 heavy (non-hydrogen) atoms. The van der Waals surface area contributed by atoms with Gasteiger partial charge in [-0.15, -0.1) is 0 Å². The number of aryl methyl sites for hydroxylation is 3. The summed E-state index contributed by atoms with van der Waals surface area (Å²) in [6.07, 6.45) is 3.39. The van der Waals surface area contributed by atoms with Gasteiger partial charge in [0.25, 0.3) is 0 Å². The number of benzene rings is 1. The fourth-order valence-electron chi connectivity index (χ4n) is 3.65. The van der Waals surface area contributed by atoms with E-state index in [-0.39, 0.29) is 23.3 Å². The third kappa shape index (κ3) is 4.65. The maximum Gasteiger partial charge on any atom is 0.240 e. The van der Waals surface area contributed by atoms with Crippen molar-refractivity contribution in [2.75, 3.05) is 32.0 Å². The van der Waals surface area contributed by atoms with E-state index >= 15 is 0 Å². The standard InChI is InChI=1S/C21H27N7O3S/c1-13-4-5-16(32(29,30)25-9-15-12-31-7-6-23-15)8-17(13)19-10-24-21(22)20(26-19)18-11-28(3)27-14(18)2/h4-5,8,10-11,15,23,25H,6-7,9,12H2,1-3H3,(H2,22,24)/t15-/m1/s1. The minimum atomic E-state index is -3.71. The number of nitrogens with one attached hydrogen (secondary N) is 2. The number of morpholine rings is 1. The van der Waals surface area contributed by atoms with Gasteiger partial charge in [0.2, 0.25) is 10.0 Å². The third-order valence-electron chi connectivity index (χ3n) is 5.38. The highest BCUT2D eigenvalue weighted by molar-refractivity contribution is 7.89. The Morgan fingerprint density at radius 3 is 2.81 bits per heavy atom. The number of nitrogens with two attached hydrogens (primary N) is 1. The average Bonchev–Trinajstić information content (AvgIpc) is 3.11. The Kier molecular flexibility index (Phi) is 6.24. The second-order valence-corrected chi connectivity index (χ2v) is 9.61. The van der Waals surface area contributed by atoms with Crippen LogP contribution in [-0.4, -0.2) is 60.5 Å². The lowest BCUT2D eigenvalue weighted by Gasteiger charge is -2.24. The van der Waals surface area contributed by atoms with E-state index in [2.05, 4.69) is 20.1 Å². The summed E-state index contributed by atoms with van der Waals surface area (Å²) in [5.74, 6) is 0.287. The lowest BCUT2D eigenvalue weighted by atomic mass is 10.1. The Balaban J connectivity index is 1.65. The maximum absolute atomic E-state index is 12.9. The SMILES string of the molecule is Cc1ccc(S(=O)(=O)NC[C@@H]2COCCN2)cc1-c1cnc(N)c(-c2cn(C)nc2C)n1. The number of sulfonamides is 1. The first kappa shape index (κ1) is 22.3. The van der Waals surface area contributed by atoms with Crippen LogP contribution in [0.3, 0.4) is 0 Å². The van der Waals surface area contributed by atoms with Crippen molar-refractivity contribution in [1.29, 1.82) is 0 Å². The van der Waals surface area contributed by atoms with E-state index in [9.17, 15) is 8.42 Å². The molecule has 1 aromatic carbocycles. The summed E-state index contributed by atoms with van der Waals surface area (Å²) in [6.45, 7) is 5.83. The highest BCUT2D eigenvalue weighted by atomic mass is 32.2. The van der Waals surface area contributed by atoms with E-state index in [4.69, 9.17) is 15.5 Å². The fourth-order valence-corrected chi connectivity index (χ4v) is 4.75. The highest BCUT2D eigenvalue weighted by Gasteiger charge is 2.21. The molecule has 2 aromatic heterocycles. The third-order valence-corrected chi connectivity index (χ3v) is 6.80. The minimum absolute atomic E-state index is 0.0586. The van der Waals surface area contributed by atoms with Crippen molar-refractivity contribution >= 4 is 15.8 Å². The molecule has 1 saturated heterocycles. The molecule has 0 aliphatic carbocycles. The topological polar surface area (TPSA) is 137 Å². The molecular formula is C21H27N7O3S. The predicted molar refractivity (Wildman–Crippen MR) is 121 cm³/mol. The van der Waals surface area contributed by atoms with Gasteiger partial charge >= 0.3 is 0 Å². The van der Waals surface area contributed by atoms with Crippen LogP contribution in [0.15, 0.2) is 35.5 Å². The summed E-state index contributed by atoms with van der Waals surface area (Å²) in [6, 6.07) is 4.90. The molecule has 4 rings (SSSR count). The molecule has 10 nitrogen and oxygen atoms in total. The first-order chi connectivity index (χ1) is 15.2. The number of hydrogen-bond acceptors (Lipinski definition) is 8. The lowest BCUT2D eigenvalue weighted by molar-refractivity contribution is 0.0784. The quantitative estimate of drug-likeness (QED) is 0.499. The van der Waals surface area contributed by atoms with Gasteiger partial charge in [-0.3, -0.25) is 4.68 Å². The molecule has 0 radical (unpaired) electrons. The van der Waals surface area contributed by atoms with Crippen LogP contribution >= 0.6 is 0 Å². The summed E-state index contributed by atoms with van der Waals surface area (Å²) in [4.78, 5) is 9.17. The van der Waals surface area contributed by atoms with Crippen molar-refractivity contribution < 1.29 is 13.2 Å². The Morgan fingerprint density at radius 2 is 2.12 bits per heavy atom. The van der Waals surface area contributed by atoms with E-state index in [0.29, 0.717) is 36.7 Å². The van der Waals surface area contributed by atoms with E-state index in [1.165, 1.54) is 0 Å². The molecule has 11 heteroatoms. The van der Waals surface area contributed by atoms with Crippen LogP contribution < -0.4 is 15.8 Å². The number of rotatable bonds is 6. The van der Waals surface area contributed by atoms with E-state index in [1.807, 2.05) is 27.1 Å². The zero-order chi connectivity index (χ0) is 22.9. The second-order valence-electron chi connectivity index (χ2n) is 7.85. The zero-order valence-corrected chi connectivity index (χ0v) is 19.1. The van der Waals surface area contributed by atoms with Crippen LogP contribution in [0.25, 0.3) is 22.5 Å². The smallest absolute Gasteiger partial charge is 0.240 e. The first-order valence-electron chi connectivity index (χ1n) is 10.3. The zero-order valence-electron chi connectivity index (χ0n) is 18.3.